The summed E-state index contributed by atoms with van der Waals surface area (Å²) in [5.41, 5.74) is 0.773. The van der Waals surface area contributed by atoms with Gasteiger partial charge >= 0.3 is 6.03 Å². The summed E-state index contributed by atoms with van der Waals surface area (Å²) in [4.78, 5) is 16.0. The largest absolute Gasteiger partial charge is 0.439 e. The molecular formula is C18H25N3O3. The third-order valence-corrected chi connectivity index (χ3v) is 3.59. The van der Waals surface area contributed by atoms with E-state index in [0.717, 1.165) is 5.56 Å². The van der Waals surface area contributed by atoms with Gasteiger partial charge < -0.3 is 20.2 Å². The Labute approximate surface area is 142 Å². The summed E-state index contributed by atoms with van der Waals surface area (Å²) in [5, 5.41) is 15.0. The van der Waals surface area contributed by atoms with Crippen LogP contribution in [0.4, 0.5) is 4.79 Å². The van der Waals surface area contributed by atoms with Gasteiger partial charge in [0.25, 0.3) is 0 Å². The number of aliphatic hydroxyl groups excluding tert-OH is 1. The molecule has 1 aromatic carbocycles. The molecule has 6 heteroatoms. The molecule has 1 heterocycles. The van der Waals surface area contributed by atoms with Gasteiger partial charge in [0.2, 0.25) is 5.89 Å². The molecule has 24 heavy (non-hydrogen) atoms. The lowest BCUT2D eigenvalue weighted by Gasteiger charge is -2.26. The zero-order chi connectivity index (χ0) is 17.6. The van der Waals surface area contributed by atoms with Gasteiger partial charge in [-0.1, -0.05) is 44.2 Å². The van der Waals surface area contributed by atoms with Crippen molar-refractivity contribution in [1.82, 2.24) is 15.6 Å². The van der Waals surface area contributed by atoms with E-state index in [9.17, 15) is 9.90 Å². The van der Waals surface area contributed by atoms with Crippen molar-refractivity contribution in [3.05, 3.63) is 42.4 Å². The summed E-state index contributed by atoms with van der Waals surface area (Å²) < 4.78 is 5.63. The molecular weight excluding hydrogens is 306 g/mol. The second-order valence-corrected chi connectivity index (χ2v) is 6.74. The summed E-state index contributed by atoms with van der Waals surface area (Å²) in [6.45, 7) is 6.44. The zero-order valence-corrected chi connectivity index (χ0v) is 14.4. The number of oxazole rings is 1. The van der Waals surface area contributed by atoms with Crippen LogP contribution in [-0.2, 0) is 6.54 Å². The lowest BCUT2D eigenvalue weighted by Crippen LogP contribution is -2.41. The smallest absolute Gasteiger partial charge is 0.315 e. The predicted molar refractivity (Wildman–Crippen MR) is 92.3 cm³/mol. The zero-order valence-electron chi connectivity index (χ0n) is 14.4. The number of aromatic nitrogens is 1. The first-order valence-corrected chi connectivity index (χ1v) is 8.06. The summed E-state index contributed by atoms with van der Waals surface area (Å²) in [6, 6.07) is 9.39. The van der Waals surface area contributed by atoms with Crippen molar-refractivity contribution < 1.29 is 14.3 Å². The third kappa shape index (κ3) is 5.70. The minimum atomic E-state index is -0.395. The van der Waals surface area contributed by atoms with Crippen LogP contribution < -0.4 is 10.6 Å². The highest BCUT2D eigenvalue weighted by Gasteiger charge is 2.21. The normalized spacial score (nSPS) is 12.7. The summed E-state index contributed by atoms with van der Waals surface area (Å²) in [7, 11) is 0. The summed E-state index contributed by atoms with van der Waals surface area (Å²) >= 11 is 0. The van der Waals surface area contributed by atoms with E-state index in [0.29, 0.717) is 24.6 Å². The van der Waals surface area contributed by atoms with E-state index in [4.69, 9.17) is 4.42 Å². The molecule has 0 saturated heterocycles. The van der Waals surface area contributed by atoms with Crippen LogP contribution in [0.3, 0.4) is 0 Å². The lowest BCUT2D eigenvalue weighted by molar-refractivity contribution is 0.129. The Morgan fingerprint density at radius 1 is 1.29 bits per heavy atom. The maximum absolute atomic E-state index is 11.9. The second-order valence-electron chi connectivity index (χ2n) is 6.74. The Bertz CT molecular complexity index is 651. The fourth-order valence-corrected chi connectivity index (χ4v) is 2.54. The van der Waals surface area contributed by atoms with E-state index in [-0.39, 0.29) is 18.0 Å². The molecule has 6 nitrogen and oxygen atoms in total. The molecule has 0 bridgehead atoms. The lowest BCUT2D eigenvalue weighted by atomic mass is 9.87. The number of urea groups is 1. The fourth-order valence-electron chi connectivity index (χ4n) is 2.54. The molecule has 2 aromatic rings. The van der Waals surface area contributed by atoms with Crippen LogP contribution in [0.1, 0.15) is 33.1 Å². The molecule has 0 aliphatic heterocycles. The highest BCUT2D eigenvalue weighted by Crippen LogP contribution is 2.21. The molecule has 0 aliphatic rings. The second kappa shape index (κ2) is 7.97. The quantitative estimate of drug-likeness (QED) is 0.728. The van der Waals surface area contributed by atoms with Crippen LogP contribution in [0.2, 0.25) is 0 Å². The van der Waals surface area contributed by atoms with Crippen molar-refractivity contribution in [3.63, 3.8) is 0 Å². The molecule has 1 unspecified atom stereocenters. The number of carbonyl (C=O) groups excluding carboxylic acids is 1. The van der Waals surface area contributed by atoms with Crippen molar-refractivity contribution in [1.29, 1.82) is 0 Å². The Morgan fingerprint density at radius 3 is 2.67 bits per heavy atom. The van der Waals surface area contributed by atoms with Crippen LogP contribution in [0, 0.1) is 5.41 Å². The molecule has 0 fully saturated rings. The van der Waals surface area contributed by atoms with E-state index in [1.165, 1.54) is 0 Å². The summed E-state index contributed by atoms with van der Waals surface area (Å²) in [5.74, 6) is 1.12. The Balaban J connectivity index is 1.79. The van der Waals surface area contributed by atoms with Gasteiger partial charge in [0.05, 0.1) is 18.8 Å². The summed E-state index contributed by atoms with van der Waals surface area (Å²) in [6.07, 6.45) is 1.87. The predicted octanol–water partition coefficient (Wildman–Crippen LogP) is 2.94. The number of hydrogen-bond acceptors (Lipinski definition) is 4. The molecule has 1 aromatic heterocycles. The number of benzene rings is 1. The monoisotopic (exact) mass is 331 g/mol. The van der Waals surface area contributed by atoms with Gasteiger partial charge in [-0.2, -0.15) is 0 Å². The van der Waals surface area contributed by atoms with Crippen molar-refractivity contribution in [3.8, 4) is 11.3 Å². The number of rotatable bonds is 7. The van der Waals surface area contributed by atoms with Gasteiger partial charge in [0.15, 0.2) is 5.76 Å². The number of aliphatic hydroxyl groups is 1. The van der Waals surface area contributed by atoms with Gasteiger partial charge in [-0.05, 0) is 18.8 Å². The maximum Gasteiger partial charge on any atom is 0.315 e. The van der Waals surface area contributed by atoms with Gasteiger partial charge in [-0.3, -0.25) is 0 Å². The average molecular weight is 331 g/mol. The van der Waals surface area contributed by atoms with Crippen LogP contribution in [-0.4, -0.2) is 28.8 Å². The Morgan fingerprint density at radius 2 is 2.00 bits per heavy atom. The first kappa shape index (κ1) is 18.0. The highest BCUT2D eigenvalue weighted by molar-refractivity contribution is 5.73. The van der Waals surface area contributed by atoms with Crippen molar-refractivity contribution in [2.24, 2.45) is 5.41 Å². The molecule has 2 amide bonds. The Kier molecular flexibility index (Phi) is 5.98. The van der Waals surface area contributed by atoms with Gasteiger partial charge in [-0.25, -0.2) is 9.78 Å². The van der Waals surface area contributed by atoms with E-state index >= 15 is 0 Å². The first-order valence-electron chi connectivity index (χ1n) is 8.06. The van der Waals surface area contributed by atoms with Crippen molar-refractivity contribution in [2.75, 3.05) is 6.54 Å². The molecule has 0 radical (unpaired) electrons. The Hall–Kier alpha value is -2.34. The standard InChI is InChI=1S/C18H25N3O3/c1-13(22)9-18(2,3)12-21-17(23)20-11-16-19-10-15(24-16)14-7-5-4-6-8-14/h4-8,10,13,22H,9,11-12H2,1-3H3,(H2,20,21,23). The minimum absolute atomic E-state index is 0.172. The number of hydrogen-bond donors (Lipinski definition) is 3. The minimum Gasteiger partial charge on any atom is -0.439 e. The third-order valence-electron chi connectivity index (χ3n) is 3.59. The SMILES string of the molecule is CC(O)CC(C)(C)CNC(=O)NCc1ncc(-c2ccccc2)o1. The van der Waals surface area contributed by atoms with Gasteiger partial charge in [-0.15, -0.1) is 0 Å². The van der Waals surface area contributed by atoms with Crippen LogP contribution in [0.25, 0.3) is 11.3 Å². The number of carbonyl (C=O) groups is 1. The van der Waals surface area contributed by atoms with E-state index in [1.807, 2.05) is 44.2 Å². The van der Waals surface area contributed by atoms with E-state index in [2.05, 4.69) is 15.6 Å². The van der Waals surface area contributed by atoms with Gasteiger partial charge in [0.1, 0.15) is 0 Å². The highest BCUT2D eigenvalue weighted by atomic mass is 16.4. The average Bonchev–Trinajstić information content (AvgIpc) is 3.00. The van der Waals surface area contributed by atoms with Crippen molar-refractivity contribution in [2.45, 2.75) is 39.8 Å². The van der Waals surface area contributed by atoms with Crippen molar-refractivity contribution >= 4 is 6.03 Å². The molecule has 2 rings (SSSR count). The molecule has 1 atom stereocenters. The molecule has 0 saturated carbocycles. The molecule has 0 spiro atoms. The van der Waals surface area contributed by atoms with E-state index < -0.39 is 6.10 Å². The van der Waals surface area contributed by atoms with E-state index in [1.54, 1.807) is 13.1 Å². The number of nitrogens with zero attached hydrogens (tertiary/aromatic N) is 1. The first-order chi connectivity index (χ1) is 11.4. The fraction of sp³-hybridized carbons (Fsp3) is 0.444. The van der Waals surface area contributed by atoms with Crippen LogP contribution in [0.5, 0.6) is 0 Å². The van der Waals surface area contributed by atoms with Gasteiger partial charge in [0, 0.05) is 12.1 Å². The van der Waals surface area contributed by atoms with Crippen LogP contribution >= 0.6 is 0 Å². The molecule has 0 aliphatic carbocycles. The maximum atomic E-state index is 11.9. The van der Waals surface area contributed by atoms with Crippen LogP contribution in [0.15, 0.2) is 40.9 Å². The number of nitrogens with one attached hydrogen (secondary N) is 2. The topological polar surface area (TPSA) is 87.4 Å². The molecule has 3 N–H and O–H groups in total. The molecule has 130 valence electrons. The number of amides is 2.